The summed E-state index contributed by atoms with van der Waals surface area (Å²) >= 11 is 1.98. The quantitative estimate of drug-likeness (QED) is 0.791. The fraction of sp³-hybridized carbons (Fsp3) is 0.333. The summed E-state index contributed by atoms with van der Waals surface area (Å²) in [7, 11) is 0. The van der Waals surface area contributed by atoms with E-state index in [0.717, 1.165) is 3.57 Å². The van der Waals surface area contributed by atoms with Crippen LogP contribution in [0.4, 0.5) is 10.5 Å². The third kappa shape index (κ3) is 4.91. The second kappa shape index (κ2) is 5.55. The van der Waals surface area contributed by atoms with Crippen molar-refractivity contribution >= 4 is 40.3 Å². The Morgan fingerprint density at radius 3 is 2.39 bits per heavy atom. The Kier molecular flexibility index (Phi) is 4.55. The molecule has 1 aromatic rings. The first-order chi connectivity index (χ1) is 8.17. The van der Waals surface area contributed by atoms with Gasteiger partial charge in [-0.25, -0.2) is 9.59 Å². The van der Waals surface area contributed by atoms with Crippen molar-refractivity contribution < 1.29 is 19.4 Å². The number of ether oxygens (including phenoxy) is 1. The van der Waals surface area contributed by atoms with Gasteiger partial charge in [0.1, 0.15) is 5.60 Å². The predicted octanol–water partition coefficient (Wildman–Crippen LogP) is 3.34. The van der Waals surface area contributed by atoms with E-state index < -0.39 is 17.7 Å². The maximum atomic E-state index is 11.5. The predicted molar refractivity (Wildman–Crippen MR) is 76.0 cm³/mol. The van der Waals surface area contributed by atoms with Crippen LogP contribution in [-0.4, -0.2) is 22.8 Å². The van der Waals surface area contributed by atoms with Gasteiger partial charge in [0.25, 0.3) is 0 Å². The summed E-state index contributed by atoms with van der Waals surface area (Å²) in [5.41, 5.74) is -0.0803. The zero-order chi connectivity index (χ0) is 13.9. The Balaban J connectivity index is 2.85. The number of carboxylic acid groups (broad SMARTS) is 1. The van der Waals surface area contributed by atoms with Gasteiger partial charge in [-0.3, -0.25) is 5.32 Å². The number of amides is 1. The summed E-state index contributed by atoms with van der Waals surface area (Å²) in [6.07, 6.45) is -0.610. The van der Waals surface area contributed by atoms with Gasteiger partial charge in [-0.15, -0.1) is 0 Å². The monoisotopic (exact) mass is 363 g/mol. The number of benzene rings is 1. The Hall–Kier alpha value is -1.31. The molecule has 0 radical (unpaired) electrons. The molecular formula is C12H14INO4. The molecule has 0 saturated heterocycles. The minimum Gasteiger partial charge on any atom is -0.478 e. The molecule has 0 unspecified atom stereocenters. The smallest absolute Gasteiger partial charge is 0.412 e. The number of rotatable bonds is 2. The molecule has 0 aromatic heterocycles. The van der Waals surface area contributed by atoms with Gasteiger partial charge in [-0.05, 0) is 61.6 Å². The molecule has 0 bridgehead atoms. The van der Waals surface area contributed by atoms with Crippen LogP contribution in [0.15, 0.2) is 18.2 Å². The van der Waals surface area contributed by atoms with Gasteiger partial charge in [0.15, 0.2) is 0 Å². The van der Waals surface area contributed by atoms with Crippen molar-refractivity contribution in [2.75, 3.05) is 5.32 Å². The fourth-order valence-corrected chi connectivity index (χ4v) is 1.88. The van der Waals surface area contributed by atoms with Crippen molar-refractivity contribution in [1.82, 2.24) is 0 Å². The molecule has 0 aliphatic rings. The van der Waals surface area contributed by atoms with Crippen molar-refractivity contribution in [3.8, 4) is 0 Å². The molecule has 0 fully saturated rings. The van der Waals surface area contributed by atoms with Crippen LogP contribution < -0.4 is 5.32 Å². The lowest BCUT2D eigenvalue weighted by Crippen LogP contribution is -2.27. The average Bonchev–Trinajstić information content (AvgIpc) is 2.12. The molecule has 98 valence electrons. The van der Waals surface area contributed by atoms with Crippen LogP contribution in [0, 0.1) is 3.57 Å². The number of hydrogen-bond acceptors (Lipinski definition) is 3. The highest BCUT2D eigenvalue weighted by Crippen LogP contribution is 2.18. The van der Waals surface area contributed by atoms with Crippen molar-refractivity contribution in [2.45, 2.75) is 26.4 Å². The van der Waals surface area contributed by atoms with E-state index in [-0.39, 0.29) is 5.56 Å². The summed E-state index contributed by atoms with van der Waals surface area (Å²) in [5, 5.41) is 11.4. The Morgan fingerprint density at radius 2 is 1.89 bits per heavy atom. The molecule has 6 heteroatoms. The summed E-state index contributed by atoms with van der Waals surface area (Å²) in [4.78, 5) is 22.4. The molecule has 1 rings (SSSR count). The lowest BCUT2D eigenvalue weighted by Gasteiger charge is -2.19. The van der Waals surface area contributed by atoms with Gasteiger partial charge in [0, 0.05) is 9.26 Å². The van der Waals surface area contributed by atoms with E-state index in [0.29, 0.717) is 5.69 Å². The lowest BCUT2D eigenvalue weighted by atomic mass is 10.2. The molecule has 0 aliphatic heterocycles. The number of nitrogens with one attached hydrogen (secondary N) is 1. The van der Waals surface area contributed by atoms with Crippen LogP contribution in [-0.2, 0) is 4.74 Å². The van der Waals surface area contributed by atoms with Crippen LogP contribution in [0.2, 0.25) is 0 Å². The van der Waals surface area contributed by atoms with E-state index in [1.165, 1.54) is 12.1 Å². The minimum atomic E-state index is -1.04. The van der Waals surface area contributed by atoms with Crippen LogP contribution in [0.25, 0.3) is 0 Å². The lowest BCUT2D eigenvalue weighted by molar-refractivity contribution is 0.0632. The van der Waals surface area contributed by atoms with Crippen LogP contribution in [0.1, 0.15) is 31.1 Å². The molecule has 1 aromatic carbocycles. The molecule has 0 spiro atoms. The Labute approximate surface area is 119 Å². The fourth-order valence-electron chi connectivity index (χ4n) is 1.21. The molecule has 0 atom stereocenters. The molecule has 18 heavy (non-hydrogen) atoms. The Morgan fingerprint density at radius 1 is 1.28 bits per heavy atom. The molecular weight excluding hydrogens is 349 g/mol. The largest absolute Gasteiger partial charge is 0.478 e. The van der Waals surface area contributed by atoms with Gasteiger partial charge in [-0.1, -0.05) is 0 Å². The molecule has 5 nitrogen and oxygen atoms in total. The van der Waals surface area contributed by atoms with E-state index in [4.69, 9.17) is 9.84 Å². The van der Waals surface area contributed by atoms with E-state index in [1.807, 2.05) is 22.6 Å². The number of halogens is 1. The van der Waals surface area contributed by atoms with Crippen LogP contribution in [0.5, 0.6) is 0 Å². The SMILES string of the molecule is CC(C)(C)OC(=O)Nc1cc(I)cc(C(=O)O)c1. The van der Waals surface area contributed by atoms with Gasteiger partial charge < -0.3 is 9.84 Å². The highest BCUT2D eigenvalue weighted by atomic mass is 127. The number of carbonyl (C=O) groups is 2. The van der Waals surface area contributed by atoms with Gasteiger partial charge in [0.05, 0.1) is 5.56 Å². The molecule has 1 amide bonds. The number of hydrogen-bond donors (Lipinski definition) is 2. The molecule has 0 saturated carbocycles. The topological polar surface area (TPSA) is 75.6 Å². The number of anilines is 1. The highest BCUT2D eigenvalue weighted by molar-refractivity contribution is 14.1. The van der Waals surface area contributed by atoms with E-state index in [9.17, 15) is 9.59 Å². The summed E-state index contributed by atoms with van der Waals surface area (Å²) in [6.45, 7) is 5.26. The second-order valence-electron chi connectivity index (χ2n) is 4.66. The van der Waals surface area contributed by atoms with E-state index in [1.54, 1.807) is 26.8 Å². The van der Waals surface area contributed by atoms with Gasteiger partial charge >= 0.3 is 12.1 Å². The minimum absolute atomic E-state index is 0.118. The first-order valence-corrected chi connectivity index (χ1v) is 6.29. The van der Waals surface area contributed by atoms with Crippen molar-refractivity contribution in [1.29, 1.82) is 0 Å². The van der Waals surface area contributed by atoms with E-state index >= 15 is 0 Å². The summed E-state index contributed by atoms with van der Waals surface area (Å²) in [6, 6.07) is 4.56. The first kappa shape index (κ1) is 14.7. The highest BCUT2D eigenvalue weighted by Gasteiger charge is 2.16. The standard InChI is InChI=1S/C12H14INO4/c1-12(2,3)18-11(17)14-9-5-7(10(15)16)4-8(13)6-9/h4-6H,1-3H3,(H,14,17)(H,15,16). The van der Waals surface area contributed by atoms with E-state index in [2.05, 4.69) is 5.32 Å². The number of aromatic carboxylic acids is 1. The molecule has 0 heterocycles. The normalized spacial score (nSPS) is 10.9. The van der Waals surface area contributed by atoms with Gasteiger partial charge in [0.2, 0.25) is 0 Å². The third-order valence-corrected chi connectivity index (χ3v) is 2.41. The maximum Gasteiger partial charge on any atom is 0.412 e. The zero-order valence-corrected chi connectivity index (χ0v) is 12.4. The van der Waals surface area contributed by atoms with Crippen molar-refractivity contribution in [3.05, 3.63) is 27.3 Å². The Bertz CT molecular complexity index is 479. The second-order valence-corrected chi connectivity index (χ2v) is 5.91. The number of carboxylic acids is 1. The summed E-state index contributed by atoms with van der Waals surface area (Å²) in [5.74, 6) is -1.04. The molecule has 2 N–H and O–H groups in total. The van der Waals surface area contributed by atoms with Crippen molar-refractivity contribution in [3.63, 3.8) is 0 Å². The molecule has 0 aliphatic carbocycles. The summed E-state index contributed by atoms with van der Waals surface area (Å²) < 4.78 is 5.80. The number of carbonyl (C=O) groups excluding carboxylic acids is 1. The first-order valence-electron chi connectivity index (χ1n) is 5.21. The van der Waals surface area contributed by atoms with Crippen molar-refractivity contribution in [2.24, 2.45) is 0 Å². The zero-order valence-electron chi connectivity index (χ0n) is 10.3. The maximum absolute atomic E-state index is 11.5. The van der Waals surface area contributed by atoms with Crippen LogP contribution in [0.3, 0.4) is 0 Å². The van der Waals surface area contributed by atoms with Gasteiger partial charge in [-0.2, -0.15) is 0 Å². The van der Waals surface area contributed by atoms with Crippen LogP contribution >= 0.6 is 22.6 Å². The average molecular weight is 363 g/mol. The third-order valence-electron chi connectivity index (χ3n) is 1.79.